The van der Waals surface area contributed by atoms with Crippen molar-refractivity contribution >= 4 is 23.3 Å². The molecule has 0 spiro atoms. The number of ether oxygens (including phenoxy) is 2. The molecule has 0 aliphatic carbocycles. The van der Waals surface area contributed by atoms with Crippen LogP contribution in [0.15, 0.2) is 53.6 Å². The number of esters is 1. The Morgan fingerprint density at radius 3 is 2.69 bits per heavy atom. The van der Waals surface area contributed by atoms with Crippen molar-refractivity contribution in [2.24, 2.45) is 5.10 Å². The zero-order valence-electron chi connectivity index (χ0n) is 20.7. The van der Waals surface area contributed by atoms with Crippen LogP contribution in [0.2, 0.25) is 0 Å². The number of hydrogen-bond donors (Lipinski definition) is 1. The van der Waals surface area contributed by atoms with Crippen LogP contribution in [-0.2, 0) is 19.1 Å². The number of aryl methyl sites for hydroxylation is 2. The number of hydrazone groups is 1. The third-order valence-electron chi connectivity index (χ3n) is 6.41. The summed E-state index contributed by atoms with van der Waals surface area (Å²) in [5, 5.41) is 8.68. The van der Waals surface area contributed by atoms with Crippen molar-refractivity contribution in [3.05, 3.63) is 65.2 Å². The van der Waals surface area contributed by atoms with E-state index in [1.165, 1.54) is 5.56 Å². The summed E-state index contributed by atoms with van der Waals surface area (Å²) in [6.45, 7) is 7.24. The molecule has 8 nitrogen and oxygen atoms in total. The van der Waals surface area contributed by atoms with Crippen molar-refractivity contribution in [3.63, 3.8) is 0 Å². The molecule has 0 aromatic heterocycles. The smallest absolute Gasteiger partial charge is 0.332 e. The molecule has 35 heavy (non-hydrogen) atoms. The molecule has 0 saturated carbocycles. The molecule has 1 fully saturated rings. The second-order valence-electron chi connectivity index (χ2n) is 9.06. The average Bonchev–Trinajstić information content (AvgIpc) is 3.47. The first-order valence-corrected chi connectivity index (χ1v) is 12.3. The minimum Gasteiger partial charge on any atom is -0.464 e. The molecular formula is C27H34N4O4. The van der Waals surface area contributed by atoms with Crippen LogP contribution in [-0.4, -0.2) is 55.0 Å². The highest BCUT2D eigenvalue weighted by molar-refractivity contribution is 6.39. The van der Waals surface area contributed by atoms with Crippen molar-refractivity contribution in [2.75, 3.05) is 31.4 Å². The maximum Gasteiger partial charge on any atom is 0.332 e. The normalized spacial score (nSPS) is 20.1. The van der Waals surface area contributed by atoms with Crippen LogP contribution in [0.4, 0.5) is 5.69 Å². The minimum atomic E-state index is -0.375. The molecule has 186 valence electrons. The molecule has 2 aliphatic rings. The fourth-order valence-corrected chi connectivity index (χ4v) is 4.70. The van der Waals surface area contributed by atoms with E-state index in [1.54, 1.807) is 6.92 Å². The van der Waals surface area contributed by atoms with E-state index >= 15 is 0 Å². The number of hydrazine groups is 1. The van der Waals surface area contributed by atoms with Crippen LogP contribution in [0, 0.1) is 13.8 Å². The lowest BCUT2D eigenvalue weighted by Gasteiger charge is -2.25. The molecular weight excluding hydrogens is 444 g/mol. The van der Waals surface area contributed by atoms with E-state index in [9.17, 15) is 9.59 Å². The van der Waals surface area contributed by atoms with Crippen molar-refractivity contribution in [3.8, 4) is 0 Å². The standard InChI is InChI=1S/C27H34N4O4/c1-4-35-26(32)18-34-17-22-11-8-14-30(22)29-27(33)23-16-25(21-9-6-5-7-10-21)31(28-23)24-13-12-19(2)15-20(24)3/h5-7,9-10,12-13,15,22,25H,4,8,11,14,16-18H2,1-3H3,(H,29,33). The fraction of sp³-hybridized carbons (Fsp3) is 0.444. The summed E-state index contributed by atoms with van der Waals surface area (Å²) < 4.78 is 10.4. The monoisotopic (exact) mass is 478 g/mol. The van der Waals surface area contributed by atoms with Crippen molar-refractivity contribution in [2.45, 2.75) is 52.1 Å². The van der Waals surface area contributed by atoms with Gasteiger partial charge in [0, 0.05) is 13.0 Å². The largest absolute Gasteiger partial charge is 0.464 e. The Balaban J connectivity index is 1.46. The molecule has 8 heteroatoms. The third-order valence-corrected chi connectivity index (χ3v) is 6.41. The molecule has 1 saturated heterocycles. The first-order chi connectivity index (χ1) is 17.0. The van der Waals surface area contributed by atoms with Crippen molar-refractivity contribution in [1.29, 1.82) is 0 Å². The van der Waals surface area contributed by atoms with Gasteiger partial charge in [-0.1, -0.05) is 48.0 Å². The highest BCUT2D eigenvalue weighted by Crippen LogP contribution is 2.37. The Hall–Kier alpha value is -3.23. The minimum absolute atomic E-state index is 0.00995. The molecule has 0 bridgehead atoms. The van der Waals surface area contributed by atoms with E-state index in [2.05, 4.69) is 49.6 Å². The molecule has 1 amide bonds. The van der Waals surface area contributed by atoms with Gasteiger partial charge in [0.2, 0.25) is 0 Å². The van der Waals surface area contributed by atoms with E-state index in [0.717, 1.165) is 36.2 Å². The third kappa shape index (κ3) is 6.07. The van der Waals surface area contributed by atoms with E-state index < -0.39 is 0 Å². The van der Waals surface area contributed by atoms with Gasteiger partial charge in [0.05, 0.1) is 31.0 Å². The summed E-state index contributed by atoms with van der Waals surface area (Å²) in [4.78, 5) is 24.8. The summed E-state index contributed by atoms with van der Waals surface area (Å²) in [6, 6.07) is 16.4. The Bertz CT molecular complexity index is 1070. The van der Waals surface area contributed by atoms with Crippen molar-refractivity contribution in [1.82, 2.24) is 10.4 Å². The van der Waals surface area contributed by atoms with Crippen LogP contribution >= 0.6 is 0 Å². The Morgan fingerprint density at radius 1 is 1.14 bits per heavy atom. The van der Waals surface area contributed by atoms with Gasteiger partial charge in [0.15, 0.2) is 0 Å². The second-order valence-corrected chi connectivity index (χ2v) is 9.06. The maximum absolute atomic E-state index is 13.3. The van der Waals surface area contributed by atoms with Gasteiger partial charge in [-0.25, -0.2) is 9.80 Å². The van der Waals surface area contributed by atoms with Crippen molar-refractivity contribution < 1.29 is 19.1 Å². The summed E-state index contributed by atoms with van der Waals surface area (Å²) in [5.41, 5.74) is 7.96. The lowest BCUT2D eigenvalue weighted by molar-refractivity contribution is -0.149. The zero-order valence-corrected chi connectivity index (χ0v) is 20.7. The van der Waals surface area contributed by atoms with Gasteiger partial charge in [0.25, 0.3) is 5.91 Å². The Labute approximate surface area is 206 Å². The van der Waals surface area contributed by atoms with Crippen LogP contribution in [0.1, 0.15) is 48.9 Å². The van der Waals surface area contributed by atoms with Gasteiger partial charge < -0.3 is 9.47 Å². The van der Waals surface area contributed by atoms with Crippen LogP contribution in [0.3, 0.4) is 0 Å². The van der Waals surface area contributed by atoms with Crippen LogP contribution in [0.25, 0.3) is 0 Å². The van der Waals surface area contributed by atoms with Gasteiger partial charge in [-0.3, -0.25) is 15.2 Å². The first-order valence-electron chi connectivity index (χ1n) is 12.3. The summed E-state index contributed by atoms with van der Waals surface area (Å²) in [7, 11) is 0. The lowest BCUT2D eigenvalue weighted by Crippen LogP contribution is -2.49. The van der Waals surface area contributed by atoms with Crippen LogP contribution < -0.4 is 10.4 Å². The average molecular weight is 479 g/mol. The predicted molar refractivity (Wildman–Crippen MR) is 135 cm³/mol. The van der Waals surface area contributed by atoms with E-state index in [4.69, 9.17) is 14.6 Å². The number of carbonyl (C=O) groups excluding carboxylic acids is 2. The number of anilines is 1. The Kier molecular flexibility index (Phi) is 8.15. The number of amides is 1. The number of nitrogens with zero attached hydrogens (tertiary/aromatic N) is 3. The van der Waals surface area contributed by atoms with E-state index in [0.29, 0.717) is 25.3 Å². The van der Waals surface area contributed by atoms with Gasteiger partial charge in [-0.2, -0.15) is 5.10 Å². The first kappa shape index (κ1) is 24.9. The molecule has 2 aromatic carbocycles. The number of rotatable bonds is 9. The van der Waals surface area contributed by atoms with E-state index in [1.807, 2.05) is 28.2 Å². The van der Waals surface area contributed by atoms with Gasteiger partial charge in [0.1, 0.15) is 12.3 Å². The molecule has 4 rings (SSSR count). The lowest BCUT2D eigenvalue weighted by atomic mass is 10.0. The molecule has 2 atom stereocenters. The number of carbonyl (C=O) groups is 2. The highest BCUT2D eigenvalue weighted by Gasteiger charge is 2.35. The number of benzene rings is 2. The topological polar surface area (TPSA) is 83.5 Å². The van der Waals surface area contributed by atoms with Crippen LogP contribution in [0.5, 0.6) is 0 Å². The van der Waals surface area contributed by atoms with Gasteiger partial charge >= 0.3 is 5.97 Å². The quantitative estimate of drug-likeness (QED) is 0.554. The zero-order chi connectivity index (χ0) is 24.8. The van der Waals surface area contributed by atoms with Gasteiger partial charge in [-0.05, 0) is 50.8 Å². The molecule has 2 unspecified atom stereocenters. The predicted octanol–water partition coefficient (Wildman–Crippen LogP) is 3.69. The molecule has 2 aliphatic heterocycles. The number of hydrogen-bond acceptors (Lipinski definition) is 7. The summed E-state index contributed by atoms with van der Waals surface area (Å²) >= 11 is 0. The molecule has 1 N–H and O–H groups in total. The SMILES string of the molecule is CCOC(=O)COCC1CCCN1NC(=O)C1=NN(c2ccc(C)cc2C)C(c2ccccc2)C1. The number of nitrogens with one attached hydrogen (secondary N) is 1. The second kappa shape index (κ2) is 11.5. The highest BCUT2D eigenvalue weighted by atomic mass is 16.6. The maximum atomic E-state index is 13.3. The molecule has 2 heterocycles. The molecule has 2 aromatic rings. The molecule has 0 radical (unpaired) electrons. The Morgan fingerprint density at radius 2 is 1.94 bits per heavy atom. The van der Waals surface area contributed by atoms with E-state index in [-0.39, 0.29) is 30.6 Å². The fourth-order valence-electron chi connectivity index (χ4n) is 4.70. The van der Waals surface area contributed by atoms with Gasteiger partial charge in [-0.15, -0.1) is 0 Å². The summed E-state index contributed by atoms with van der Waals surface area (Å²) in [6.07, 6.45) is 2.35. The summed E-state index contributed by atoms with van der Waals surface area (Å²) in [5.74, 6) is -0.574.